The minimum Gasteiger partial charge on any atom is -0.508 e. The normalized spacial score (nSPS) is 18.6. The molecule has 1 fully saturated rings. The number of nitrogens with zero attached hydrogens (tertiary/aromatic N) is 1. The van der Waals surface area contributed by atoms with Gasteiger partial charge in [-0.15, -0.1) is 0 Å². The van der Waals surface area contributed by atoms with Crippen LogP contribution in [0, 0.1) is 26.7 Å². The molecule has 2 aliphatic carbocycles. The minimum atomic E-state index is -0.448. The van der Waals surface area contributed by atoms with Gasteiger partial charge in [0.1, 0.15) is 5.75 Å². The fourth-order valence-corrected chi connectivity index (χ4v) is 3.91. The Hall–Kier alpha value is -3.08. The molecule has 1 saturated carbocycles. The molecule has 1 amide bonds. The lowest BCUT2D eigenvalue weighted by Gasteiger charge is -2.14. The van der Waals surface area contributed by atoms with E-state index in [0.29, 0.717) is 29.4 Å². The molecule has 0 radical (unpaired) electrons. The van der Waals surface area contributed by atoms with Gasteiger partial charge >= 0.3 is 0 Å². The van der Waals surface area contributed by atoms with Gasteiger partial charge in [-0.05, 0) is 107 Å². The first kappa shape index (κ1) is 25.2. The predicted molar refractivity (Wildman–Crippen MR) is 133 cm³/mol. The molecule has 0 heterocycles. The quantitative estimate of drug-likeness (QED) is 0.549. The molecule has 5 heteroatoms. The highest BCUT2D eigenvalue weighted by atomic mass is 16.3. The lowest BCUT2D eigenvalue weighted by Crippen LogP contribution is -2.17. The second-order valence-electron chi connectivity index (χ2n) is 9.03. The van der Waals surface area contributed by atoms with Crippen molar-refractivity contribution in [2.45, 2.75) is 67.7 Å². The maximum atomic E-state index is 11.9. The van der Waals surface area contributed by atoms with Gasteiger partial charge in [0.25, 0.3) is 5.91 Å². The van der Waals surface area contributed by atoms with E-state index in [1.165, 1.54) is 29.5 Å². The first-order valence-corrected chi connectivity index (χ1v) is 11.0. The third kappa shape index (κ3) is 5.58. The minimum absolute atomic E-state index is 0.392. The Morgan fingerprint density at radius 2 is 1.69 bits per heavy atom. The van der Waals surface area contributed by atoms with E-state index < -0.39 is 5.91 Å². The highest BCUT2D eigenvalue weighted by molar-refractivity contribution is 6.01. The highest BCUT2D eigenvalue weighted by Gasteiger charge is 2.34. The molecule has 0 atom stereocenters. The molecule has 3 rings (SSSR count). The molecule has 0 aromatic heterocycles. The van der Waals surface area contributed by atoms with Crippen LogP contribution in [0.3, 0.4) is 0 Å². The molecule has 32 heavy (non-hydrogen) atoms. The van der Waals surface area contributed by atoms with Crippen molar-refractivity contribution in [3.63, 3.8) is 0 Å². The average molecular weight is 436 g/mol. The maximum Gasteiger partial charge on any atom is 0.251 e. The zero-order valence-electron chi connectivity index (χ0n) is 20.5. The largest absolute Gasteiger partial charge is 0.508 e. The van der Waals surface area contributed by atoms with Crippen LogP contribution in [0.25, 0.3) is 0 Å². The molecule has 1 aromatic carbocycles. The molecule has 5 N–H and O–H groups in total. The van der Waals surface area contributed by atoms with E-state index in [2.05, 4.69) is 18.5 Å². The Labute approximate surface area is 192 Å². The van der Waals surface area contributed by atoms with Crippen LogP contribution < -0.4 is 11.5 Å². The fourth-order valence-electron chi connectivity index (χ4n) is 3.91. The van der Waals surface area contributed by atoms with Crippen LogP contribution >= 0.6 is 0 Å². The predicted octanol–water partition coefficient (Wildman–Crippen LogP) is 5.44. The van der Waals surface area contributed by atoms with Gasteiger partial charge in [-0.1, -0.05) is 18.2 Å². The van der Waals surface area contributed by atoms with Crippen LogP contribution in [0.1, 0.15) is 63.6 Å². The Morgan fingerprint density at radius 3 is 2.16 bits per heavy atom. The molecule has 172 valence electrons. The van der Waals surface area contributed by atoms with Crippen LogP contribution in [0.5, 0.6) is 5.75 Å². The number of carbonyl (C=O) groups is 1. The van der Waals surface area contributed by atoms with E-state index in [1.54, 1.807) is 6.07 Å². The number of phenolic OH excluding ortho intramolecular Hbond substituents is 1. The van der Waals surface area contributed by atoms with Crippen LogP contribution in [0.4, 0.5) is 0 Å². The molecule has 0 spiro atoms. The molecule has 0 unspecified atom stereocenters. The van der Waals surface area contributed by atoms with Crippen LogP contribution in [-0.2, 0) is 4.79 Å². The maximum absolute atomic E-state index is 11.9. The van der Waals surface area contributed by atoms with E-state index in [9.17, 15) is 9.90 Å². The van der Waals surface area contributed by atoms with E-state index in [-0.39, 0.29) is 0 Å². The SMILES string of the molecule is C=C(N=C(C)C)/C(C)=C1/CC(N)=C(C(N)=O)/C1=C(/C)C1CC1.Cc1ccc(O)c(C)c1C. The summed E-state index contributed by atoms with van der Waals surface area (Å²) in [6.07, 6.45) is 2.88. The van der Waals surface area contributed by atoms with Crippen molar-refractivity contribution in [1.29, 1.82) is 0 Å². The number of rotatable bonds is 4. The number of nitrogens with two attached hydrogens (primary N) is 2. The number of aryl methyl sites for hydroxylation is 1. The molecule has 5 nitrogen and oxygen atoms in total. The first-order chi connectivity index (χ1) is 14.9. The van der Waals surface area contributed by atoms with Crippen LogP contribution in [0.15, 0.2) is 63.0 Å². The summed E-state index contributed by atoms with van der Waals surface area (Å²) in [6, 6.07) is 3.66. The molecule has 0 aliphatic heterocycles. The monoisotopic (exact) mass is 435 g/mol. The zero-order chi connectivity index (χ0) is 24.3. The molecular weight excluding hydrogens is 398 g/mol. The Morgan fingerprint density at radius 1 is 1.09 bits per heavy atom. The van der Waals surface area contributed by atoms with Gasteiger partial charge in [-0.25, -0.2) is 0 Å². The van der Waals surface area contributed by atoms with Gasteiger partial charge < -0.3 is 16.6 Å². The Balaban J connectivity index is 0.000000303. The number of benzene rings is 1. The molecule has 1 aromatic rings. The number of aliphatic imine (C=N–C) groups is 1. The summed E-state index contributed by atoms with van der Waals surface area (Å²) in [5, 5.41) is 9.22. The number of amides is 1. The van der Waals surface area contributed by atoms with Crippen molar-refractivity contribution >= 4 is 11.6 Å². The molecule has 2 aliphatic rings. The number of carbonyl (C=O) groups excluding carboxylic acids is 1. The summed E-state index contributed by atoms with van der Waals surface area (Å²) < 4.78 is 0. The molecular formula is C27H37N3O2. The first-order valence-electron chi connectivity index (χ1n) is 11.0. The lowest BCUT2D eigenvalue weighted by molar-refractivity contribution is -0.114. The second-order valence-corrected chi connectivity index (χ2v) is 9.03. The van der Waals surface area contributed by atoms with Crippen LogP contribution in [0.2, 0.25) is 0 Å². The standard InChI is InChI=1S/C18H25N3O.C9H12O/c1-9(2)21-12(5)10(3)14-8-15(19)17(18(20)22)16(14)11(4)13-6-7-13;1-6-4-5-9(10)8(3)7(6)2/h13H,5-8,19H2,1-4H3,(H2,20,22);4-5,10H,1-3H3/b14-10-,16-11-;. The van der Waals surface area contributed by atoms with Gasteiger partial charge in [0.05, 0.1) is 11.3 Å². The average Bonchev–Trinajstić information content (AvgIpc) is 3.50. The van der Waals surface area contributed by atoms with E-state index in [0.717, 1.165) is 33.7 Å². The van der Waals surface area contributed by atoms with Crippen molar-refractivity contribution < 1.29 is 9.90 Å². The second kappa shape index (κ2) is 10.0. The number of primary amides is 1. The van der Waals surface area contributed by atoms with Crippen molar-refractivity contribution in [3.05, 3.63) is 74.7 Å². The zero-order valence-corrected chi connectivity index (χ0v) is 20.5. The van der Waals surface area contributed by atoms with Crippen molar-refractivity contribution in [3.8, 4) is 5.75 Å². The van der Waals surface area contributed by atoms with E-state index >= 15 is 0 Å². The van der Waals surface area contributed by atoms with Gasteiger partial charge in [-0.3, -0.25) is 9.79 Å². The summed E-state index contributed by atoms with van der Waals surface area (Å²) in [6.45, 7) is 18.0. The van der Waals surface area contributed by atoms with Gasteiger partial charge in [-0.2, -0.15) is 0 Å². The summed E-state index contributed by atoms with van der Waals surface area (Å²) in [5.41, 5.74) is 22.0. The van der Waals surface area contributed by atoms with E-state index in [1.807, 2.05) is 47.6 Å². The van der Waals surface area contributed by atoms with Gasteiger partial charge in [0.2, 0.25) is 0 Å². The number of hydrogen-bond acceptors (Lipinski definition) is 4. The summed E-state index contributed by atoms with van der Waals surface area (Å²) in [5.74, 6) is 0.488. The third-order valence-electron chi connectivity index (χ3n) is 6.34. The summed E-state index contributed by atoms with van der Waals surface area (Å²) >= 11 is 0. The topological polar surface area (TPSA) is 102 Å². The van der Waals surface area contributed by atoms with Crippen molar-refractivity contribution in [1.82, 2.24) is 0 Å². The number of aromatic hydroxyl groups is 1. The summed E-state index contributed by atoms with van der Waals surface area (Å²) in [4.78, 5) is 16.3. The van der Waals surface area contributed by atoms with Crippen molar-refractivity contribution in [2.24, 2.45) is 22.4 Å². The van der Waals surface area contributed by atoms with E-state index in [4.69, 9.17) is 11.5 Å². The fraction of sp³-hybridized carbons (Fsp3) is 0.407. The molecule has 0 bridgehead atoms. The smallest absolute Gasteiger partial charge is 0.251 e. The Bertz CT molecular complexity index is 1050. The third-order valence-corrected chi connectivity index (χ3v) is 6.34. The molecule has 0 saturated heterocycles. The highest BCUT2D eigenvalue weighted by Crippen LogP contribution is 2.46. The number of phenols is 1. The van der Waals surface area contributed by atoms with Crippen LogP contribution in [-0.4, -0.2) is 16.7 Å². The summed E-state index contributed by atoms with van der Waals surface area (Å²) in [7, 11) is 0. The lowest BCUT2D eigenvalue weighted by atomic mass is 9.92. The number of hydrogen-bond donors (Lipinski definition) is 3. The van der Waals surface area contributed by atoms with Gasteiger partial charge in [0, 0.05) is 17.8 Å². The number of allylic oxidation sites excluding steroid dienone is 3. The van der Waals surface area contributed by atoms with Crippen molar-refractivity contribution in [2.75, 3.05) is 0 Å². The van der Waals surface area contributed by atoms with Gasteiger partial charge in [0.15, 0.2) is 0 Å². The Kier molecular flexibility index (Phi) is 7.89.